The maximum Gasteiger partial charge on any atom is 0.123 e. The van der Waals surface area contributed by atoms with Gasteiger partial charge in [0.1, 0.15) is 5.82 Å². The molecule has 0 heterocycles. The molecule has 2 aromatic rings. The van der Waals surface area contributed by atoms with Crippen molar-refractivity contribution in [2.75, 3.05) is 17.7 Å². The molecule has 0 aromatic heterocycles. The van der Waals surface area contributed by atoms with E-state index >= 15 is 0 Å². The van der Waals surface area contributed by atoms with Gasteiger partial charge in [-0.15, -0.1) is 0 Å². The minimum absolute atomic E-state index is 0.237. The lowest BCUT2D eigenvalue weighted by molar-refractivity contribution is 0.628. The predicted octanol–water partition coefficient (Wildman–Crippen LogP) is 3.48. The van der Waals surface area contributed by atoms with E-state index in [-0.39, 0.29) is 5.82 Å². The largest absolute Gasteiger partial charge is 0.397 e. The van der Waals surface area contributed by atoms with Gasteiger partial charge in [0.25, 0.3) is 0 Å². The second kappa shape index (κ2) is 4.45. The lowest BCUT2D eigenvalue weighted by Crippen LogP contribution is -2.11. The van der Waals surface area contributed by atoms with Crippen molar-refractivity contribution in [3.63, 3.8) is 0 Å². The standard InChI is InChI=1S/C14H15FN2/c1-10-3-8-13(16)14(9-10)17(2)12-6-4-11(15)5-7-12/h3-9H,16H2,1-2H3. The first-order valence-corrected chi connectivity index (χ1v) is 5.43. The van der Waals surface area contributed by atoms with E-state index in [9.17, 15) is 4.39 Å². The summed E-state index contributed by atoms with van der Waals surface area (Å²) in [5, 5.41) is 0. The van der Waals surface area contributed by atoms with Gasteiger partial charge in [-0.05, 0) is 48.9 Å². The van der Waals surface area contributed by atoms with Crippen LogP contribution in [0.3, 0.4) is 0 Å². The lowest BCUT2D eigenvalue weighted by atomic mass is 10.1. The first-order chi connectivity index (χ1) is 8.08. The van der Waals surface area contributed by atoms with Gasteiger partial charge in [0.05, 0.1) is 11.4 Å². The summed E-state index contributed by atoms with van der Waals surface area (Å²) in [7, 11) is 1.92. The molecule has 2 N–H and O–H groups in total. The maximum absolute atomic E-state index is 12.9. The molecule has 0 saturated heterocycles. The summed E-state index contributed by atoms with van der Waals surface area (Å²) in [6, 6.07) is 12.2. The van der Waals surface area contributed by atoms with E-state index in [1.165, 1.54) is 12.1 Å². The second-order valence-electron chi connectivity index (χ2n) is 4.10. The third kappa shape index (κ3) is 2.38. The van der Waals surface area contributed by atoms with Crippen LogP contribution in [-0.4, -0.2) is 7.05 Å². The van der Waals surface area contributed by atoms with Gasteiger partial charge < -0.3 is 10.6 Å². The fourth-order valence-electron chi connectivity index (χ4n) is 1.75. The van der Waals surface area contributed by atoms with E-state index in [2.05, 4.69) is 0 Å². The van der Waals surface area contributed by atoms with Crippen molar-refractivity contribution in [3.05, 3.63) is 53.8 Å². The molecule has 0 aliphatic heterocycles. The van der Waals surface area contributed by atoms with Crippen molar-refractivity contribution in [1.29, 1.82) is 0 Å². The molecule has 0 unspecified atom stereocenters. The molecule has 2 nitrogen and oxygen atoms in total. The molecule has 0 bridgehead atoms. The number of hydrogen-bond donors (Lipinski definition) is 1. The van der Waals surface area contributed by atoms with Crippen LogP contribution in [0.4, 0.5) is 21.5 Å². The highest BCUT2D eigenvalue weighted by Gasteiger charge is 2.07. The summed E-state index contributed by atoms with van der Waals surface area (Å²) in [5.74, 6) is -0.237. The molecule has 3 heteroatoms. The maximum atomic E-state index is 12.9. The third-order valence-corrected chi connectivity index (χ3v) is 2.76. The molecule has 0 amide bonds. The van der Waals surface area contributed by atoms with E-state index < -0.39 is 0 Å². The Morgan fingerprint density at radius 2 is 1.71 bits per heavy atom. The van der Waals surface area contributed by atoms with E-state index in [1.54, 1.807) is 12.1 Å². The smallest absolute Gasteiger partial charge is 0.123 e. The molecule has 0 aliphatic rings. The zero-order valence-electron chi connectivity index (χ0n) is 9.94. The molecule has 2 rings (SSSR count). The van der Waals surface area contributed by atoms with Crippen LogP contribution in [0.2, 0.25) is 0 Å². The van der Waals surface area contributed by atoms with Crippen molar-refractivity contribution >= 4 is 17.1 Å². The number of nitrogens with zero attached hydrogens (tertiary/aromatic N) is 1. The monoisotopic (exact) mass is 230 g/mol. The number of rotatable bonds is 2. The summed E-state index contributed by atoms with van der Waals surface area (Å²) in [5.41, 5.74) is 9.63. The van der Waals surface area contributed by atoms with Crippen LogP contribution >= 0.6 is 0 Å². The molecule has 0 fully saturated rings. The Morgan fingerprint density at radius 3 is 2.35 bits per heavy atom. The quantitative estimate of drug-likeness (QED) is 0.800. The summed E-state index contributed by atoms with van der Waals surface area (Å²) in [6.45, 7) is 2.02. The highest BCUT2D eigenvalue weighted by Crippen LogP contribution is 2.29. The van der Waals surface area contributed by atoms with E-state index in [0.29, 0.717) is 5.69 Å². The number of aryl methyl sites for hydroxylation is 1. The van der Waals surface area contributed by atoms with Crippen molar-refractivity contribution in [2.45, 2.75) is 6.92 Å². The van der Waals surface area contributed by atoms with Crippen LogP contribution in [0, 0.1) is 12.7 Å². The topological polar surface area (TPSA) is 29.3 Å². The Balaban J connectivity index is 2.39. The SMILES string of the molecule is Cc1ccc(N)c(N(C)c2ccc(F)cc2)c1. The molecular formula is C14H15FN2. The van der Waals surface area contributed by atoms with Crippen LogP contribution in [-0.2, 0) is 0 Å². The normalized spacial score (nSPS) is 10.3. The van der Waals surface area contributed by atoms with Crippen LogP contribution in [0.1, 0.15) is 5.56 Å². The van der Waals surface area contributed by atoms with Crippen molar-refractivity contribution in [2.24, 2.45) is 0 Å². The molecular weight excluding hydrogens is 215 g/mol. The summed E-state index contributed by atoms with van der Waals surface area (Å²) < 4.78 is 12.9. The Bertz CT molecular complexity index is 520. The number of halogens is 1. The van der Waals surface area contributed by atoms with E-state index in [0.717, 1.165) is 16.9 Å². The molecule has 2 aromatic carbocycles. The minimum Gasteiger partial charge on any atom is -0.397 e. The first kappa shape index (κ1) is 11.5. The Hall–Kier alpha value is -2.03. The zero-order chi connectivity index (χ0) is 12.4. The van der Waals surface area contributed by atoms with Crippen LogP contribution < -0.4 is 10.6 Å². The Morgan fingerprint density at radius 1 is 1.06 bits per heavy atom. The Kier molecular flexibility index (Phi) is 3.00. The number of benzene rings is 2. The van der Waals surface area contributed by atoms with E-state index in [1.807, 2.05) is 37.1 Å². The Labute approximate surface area is 100 Å². The molecule has 17 heavy (non-hydrogen) atoms. The van der Waals surface area contributed by atoms with Crippen LogP contribution in [0.25, 0.3) is 0 Å². The van der Waals surface area contributed by atoms with Crippen molar-refractivity contribution in [1.82, 2.24) is 0 Å². The lowest BCUT2D eigenvalue weighted by Gasteiger charge is -2.21. The van der Waals surface area contributed by atoms with Crippen molar-refractivity contribution < 1.29 is 4.39 Å². The van der Waals surface area contributed by atoms with Crippen LogP contribution in [0.5, 0.6) is 0 Å². The van der Waals surface area contributed by atoms with Crippen molar-refractivity contribution in [3.8, 4) is 0 Å². The van der Waals surface area contributed by atoms with Crippen LogP contribution in [0.15, 0.2) is 42.5 Å². The molecule has 88 valence electrons. The van der Waals surface area contributed by atoms with Gasteiger partial charge in [-0.25, -0.2) is 4.39 Å². The van der Waals surface area contributed by atoms with E-state index in [4.69, 9.17) is 5.73 Å². The summed E-state index contributed by atoms with van der Waals surface area (Å²) in [4.78, 5) is 1.95. The highest BCUT2D eigenvalue weighted by molar-refractivity contribution is 5.74. The average molecular weight is 230 g/mol. The second-order valence-corrected chi connectivity index (χ2v) is 4.10. The molecule has 0 radical (unpaired) electrons. The van der Waals surface area contributed by atoms with Gasteiger partial charge in [-0.2, -0.15) is 0 Å². The summed E-state index contributed by atoms with van der Waals surface area (Å²) in [6.07, 6.45) is 0. The minimum atomic E-state index is -0.237. The molecule has 0 spiro atoms. The third-order valence-electron chi connectivity index (χ3n) is 2.76. The molecule has 0 atom stereocenters. The highest BCUT2D eigenvalue weighted by atomic mass is 19.1. The van der Waals surface area contributed by atoms with Gasteiger partial charge in [-0.3, -0.25) is 0 Å². The zero-order valence-corrected chi connectivity index (χ0v) is 9.94. The molecule has 0 saturated carbocycles. The van der Waals surface area contributed by atoms with Gasteiger partial charge >= 0.3 is 0 Å². The summed E-state index contributed by atoms with van der Waals surface area (Å²) >= 11 is 0. The number of nitrogens with two attached hydrogens (primary N) is 1. The van der Waals surface area contributed by atoms with Gasteiger partial charge in [0, 0.05) is 12.7 Å². The first-order valence-electron chi connectivity index (χ1n) is 5.43. The number of hydrogen-bond acceptors (Lipinski definition) is 2. The predicted molar refractivity (Wildman–Crippen MR) is 70.1 cm³/mol. The fraction of sp³-hybridized carbons (Fsp3) is 0.143. The van der Waals surface area contributed by atoms with Gasteiger partial charge in [0.2, 0.25) is 0 Å². The fourth-order valence-corrected chi connectivity index (χ4v) is 1.75. The number of nitrogen functional groups attached to an aromatic ring is 1. The number of anilines is 3. The van der Waals surface area contributed by atoms with Gasteiger partial charge in [-0.1, -0.05) is 6.07 Å². The average Bonchev–Trinajstić information content (AvgIpc) is 2.32. The van der Waals surface area contributed by atoms with Gasteiger partial charge in [0.15, 0.2) is 0 Å². The molecule has 0 aliphatic carbocycles.